The summed E-state index contributed by atoms with van der Waals surface area (Å²) in [7, 11) is 0. The second-order valence-electron chi connectivity index (χ2n) is 5.62. The minimum Gasteiger partial charge on any atom is -0.459 e. The van der Waals surface area contributed by atoms with Crippen molar-refractivity contribution in [3.05, 3.63) is 42.2 Å². The van der Waals surface area contributed by atoms with Crippen LogP contribution in [-0.2, 0) is 4.74 Å². The SMILES string of the molecule is CC(C)CCC(C)OC(=O)c1ccc2cnccc2c1. The first kappa shape index (κ1) is 14.5. The highest BCUT2D eigenvalue weighted by Gasteiger charge is 2.12. The maximum atomic E-state index is 12.1. The molecule has 0 radical (unpaired) electrons. The summed E-state index contributed by atoms with van der Waals surface area (Å²) in [6.45, 7) is 6.29. The summed E-state index contributed by atoms with van der Waals surface area (Å²) in [5, 5.41) is 2.03. The second-order valence-corrected chi connectivity index (χ2v) is 5.62. The van der Waals surface area contributed by atoms with Gasteiger partial charge >= 0.3 is 5.97 Å². The van der Waals surface area contributed by atoms with Crippen LogP contribution in [0.5, 0.6) is 0 Å². The molecule has 0 aliphatic heterocycles. The number of benzene rings is 1. The number of ether oxygens (including phenoxy) is 1. The number of esters is 1. The van der Waals surface area contributed by atoms with Crippen LogP contribution in [-0.4, -0.2) is 17.1 Å². The first-order valence-corrected chi connectivity index (χ1v) is 7.11. The number of rotatable bonds is 5. The van der Waals surface area contributed by atoms with Crippen LogP contribution in [0, 0.1) is 5.92 Å². The standard InChI is InChI=1S/C17H21NO2/c1-12(2)4-5-13(3)20-17(19)15-6-7-16-11-18-9-8-14(16)10-15/h6-13H,4-5H2,1-3H3. The van der Waals surface area contributed by atoms with Crippen molar-refractivity contribution < 1.29 is 9.53 Å². The molecule has 0 aliphatic carbocycles. The van der Waals surface area contributed by atoms with Crippen LogP contribution in [0.1, 0.15) is 44.0 Å². The first-order valence-electron chi connectivity index (χ1n) is 7.11. The van der Waals surface area contributed by atoms with E-state index in [1.54, 1.807) is 18.5 Å². The maximum absolute atomic E-state index is 12.1. The van der Waals surface area contributed by atoms with Crippen molar-refractivity contribution >= 4 is 16.7 Å². The molecule has 1 unspecified atom stereocenters. The van der Waals surface area contributed by atoms with Crippen molar-refractivity contribution in [2.75, 3.05) is 0 Å². The van der Waals surface area contributed by atoms with E-state index in [9.17, 15) is 4.79 Å². The van der Waals surface area contributed by atoms with Crippen LogP contribution in [0.4, 0.5) is 0 Å². The van der Waals surface area contributed by atoms with Gasteiger partial charge in [-0.1, -0.05) is 19.9 Å². The normalized spacial score (nSPS) is 12.6. The lowest BCUT2D eigenvalue weighted by Gasteiger charge is -2.14. The molecule has 1 aromatic carbocycles. The highest BCUT2D eigenvalue weighted by molar-refractivity contribution is 5.95. The molecule has 2 aromatic rings. The van der Waals surface area contributed by atoms with E-state index in [1.807, 2.05) is 25.1 Å². The summed E-state index contributed by atoms with van der Waals surface area (Å²) in [6.07, 6.45) is 5.44. The monoisotopic (exact) mass is 271 g/mol. The Morgan fingerprint density at radius 2 is 1.95 bits per heavy atom. The third-order valence-corrected chi connectivity index (χ3v) is 3.34. The molecule has 2 rings (SSSR count). The van der Waals surface area contributed by atoms with Gasteiger partial charge in [0.05, 0.1) is 11.7 Å². The zero-order chi connectivity index (χ0) is 14.5. The van der Waals surface area contributed by atoms with Crippen LogP contribution in [0.2, 0.25) is 0 Å². The first-order chi connectivity index (χ1) is 9.56. The van der Waals surface area contributed by atoms with E-state index >= 15 is 0 Å². The Balaban J connectivity index is 2.03. The van der Waals surface area contributed by atoms with Gasteiger partial charge in [-0.15, -0.1) is 0 Å². The lowest BCUT2D eigenvalue weighted by Crippen LogP contribution is -2.15. The number of hydrogen-bond donors (Lipinski definition) is 0. The van der Waals surface area contributed by atoms with Gasteiger partial charge in [0.1, 0.15) is 0 Å². The molecule has 0 fully saturated rings. The van der Waals surface area contributed by atoms with Crippen LogP contribution < -0.4 is 0 Å². The summed E-state index contributed by atoms with van der Waals surface area (Å²) in [4.78, 5) is 16.2. The average molecular weight is 271 g/mol. The van der Waals surface area contributed by atoms with Gasteiger partial charge in [-0.05, 0) is 49.3 Å². The van der Waals surface area contributed by atoms with Crippen molar-refractivity contribution in [3.63, 3.8) is 0 Å². The minimum absolute atomic E-state index is 0.0435. The molecule has 3 nitrogen and oxygen atoms in total. The van der Waals surface area contributed by atoms with Crippen molar-refractivity contribution in [1.29, 1.82) is 0 Å². The van der Waals surface area contributed by atoms with Gasteiger partial charge in [-0.25, -0.2) is 4.79 Å². The molecule has 0 saturated carbocycles. The van der Waals surface area contributed by atoms with Gasteiger partial charge in [-0.3, -0.25) is 4.98 Å². The average Bonchev–Trinajstić information content (AvgIpc) is 2.44. The fraction of sp³-hybridized carbons (Fsp3) is 0.412. The van der Waals surface area contributed by atoms with Gasteiger partial charge in [0.25, 0.3) is 0 Å². The van der Waals surface area contributed by atoms with E-state index in [0.29, 0.717) is 11.5 Å². The predicted octanol–water partition coefficient (Wildman–Crippen LogP) is 4.22. The number of aromatic nitrogens is 1. The molecule has 1 aromatic heterocycles. The Bertz CT molecular complexity index is 592. The van der Waals surface area contributed by atoms with Crippen LogP contribution in [0.3, 0.4) is 0 Å². The van der Waals surface area contributed by atoms with Gasteiger partial charge < -0.3 is 4.74 Å². The zero-order valence-corrected chi connectivity index (χ0v) is 12.3. The van der Waals surface area contributed by atoms with Crippen LogP contribution in [0.15, 0.2) is 36.7 Å². The minimum atomic E-state index is -0.250. The molecule has 0 saturated heterocycles. The lowest BCUT2D eigenvalue weighted by atomic mass is 10.1. The molecule has 0 amide bonds. The molecule has 0 N–H and O–H groups in total. The summed E-state index contributed by atoms with van der Waals surface area (Å²) in [5.74, 6) is 0.379. The Kier molecular flexibility index (Phi) is 4.72. The van der Waals surface area contributed by atoms with E-state index in [4.69, 9.17) is 4.74 Å². The number of nitrogens with zero attached hydrogens (tertiary/aromatic N) is 1. The number of fused-ring (bicyclic) bond motifs is 1. The summed E-state index contributed by atoms with van der Waals surface area (Å²) >= 11 is 0. The van der Waals surface area contributed by atoms with Gasteiger partial charge in [0, 0.05) is 17.8 Å². The fourth-order valence-corrected chi connectivity index (χ4v) is 2.09. The Morgan fingerprint density at radius 1 is 1.15 bits per heavy atom. The Morgan fingerprint density at radius 3 is 2.70 bits per heavy atom. The summed E-state index contributed by atoms with van der Waals surface area (Å²) in [6, 6.07) is 7.45. The largest absolute Gasteiger partial charge is 0.459 e. The zero-order valence-electron chi connectivity index (χ0n) is 12.3. The van der Waals surface area contributed by atoms with Gasteiger partial charge in [0.2, 0.25) is 0 Å². The van der Waals surface area contributed by atoms with E-state index in [1.165, 1.54) is 0 Å². The van der Waals surface area contributed by atoms with Crippen molar-refractivity contribution in [1.82, 2.24) is 4.98 Å². The molecule has 1 atom stereocenters. The molecule has 3 heteroatoms. The molecular weight excluding hydrogens is 250 g/mol. The lowest BCUT2D eigenvalue weighted by molar-refractivity contribution is 0.0314. The molecular formula is C17H21NO2. The molecule has 0 bridgehead atoms. The quantitative estimate of drug-likeness (QED) is 0.764. The Hall–Kier alpha value is -1.90. The summed E-state index contributed by atoms with van der Waals surface area (Å²) in [5.41, 5.74) is 0.597. The third kappa shape index (κ3) is 3.80. The van der Waals surface area contributed by atoms with Crippen LogP contribution >= 0.6 is 0 Å². The Labute approximate surface area is 120 Å². The molecule has 106 valence electrons. The van der Waals surface area contributed by atoms with Gasteiger partial charge in [-0.2, -0.15) is 0 Å². The third-order valence-electron chi connectivity index (χ3n) is 3.34. The van der Waals surface area contributed by atoms with E-state index in [-0.39, 0.29) is 12.1 Å². The van der Waals surface area contributed by atoms with Gasteiger partial charge in [0.15, 0.2) is 0 Å². The fourth-order valence-electron chi connectivity index (χ4n) is 2.09. The molecule has 0 aliphatic rings. The molecule has 0 spiro atoms. The van der Waals surface area contributed by atoms with E-state index < -0.39 is 0 Å². The predicted molar refractivity (Wildman–Crippen MR) is 80.7 cm³/mol. The maximum Gasteiger partial charge on any atom is 0.338 e. The van der Waals surface area contributed by atoms with Crippen molar-refractivity contribution in [2.24, 2.45) is 5.92 Å². The topological polar surface area (TPSA) is 39.2 Å². The number of pyridine rings is 1. The summed E-state index contributed by atoms with van der Waals surface area (Å²) < 4.78 is 5.48. The highest BCUT2D eigenvalue weighted by atomic mass is 16.5. The molecule has 1 heterocycles. The number of hydrogen-bond acceptors (Lipinski definition) is 3. The number of carbonyl (C=O) groups is 1. The van der Waals surface area contributed by atoms with Crippen molar-refractivity contribution in [3.8, 4) is 0 Å². The molecule has 20 heavy (non-hydrogen) atoms. The van der Waals surface area contributed by atoms with E-state index in [0.717, 1.165) is 23.6 Å². The highest BCUT2D eigenvalue weighted by Crippen LogP contribution is 2.17. The smallest absolute Gasteiger partial charge is 0.338 e. The second kappa shape index (κ2) is 6.51. The van der Waals surface area contributed by atoms with Crippen LogP contribution in [0.25, 0.3) is 10.8 Å². The van der Waals surface area contributed by atoms with E-state index in [2.05, 4.69) is 18.8 Å². The van der Waals surface area contributed by atoms with Crippen molar-refractivity contribution in [2.45, 2.75) is 39.7 Å². The number of carbonyl (C=O) groups excluding carboxylic acids is 1.